The monoisotopic (exact) mass is 314 g/mol. The highest BCUT2D eigenvalue weighted by molar-refractivity contribution is 9.10. The van der Waals surface area contributed by atoms with E-state index < -0.39 is 0 Å². The van der Waals surface area contributed by atoms with Gasteiger partial charge < -0.3 is 9.26 Å². The second-order valence-electron chi connectivity index (χ2n) is 4.10. The maximum atomic E-state index is 13.1. The predicted molar refractivity (Wildman–Crippen MR) is 66.8 cm³/mol. The summed E-state index contributed by atoms with van der Waals surface area (Å²) in [6.07, 6.45) is 0. The van der Waals surface area contributed by atoms with E-state index in [1.54, 1.807) is 6.07 Å². The van der Waals surface area contributed by atoms with E-state index in [9.17, 15) is 4.39 Å². The zero-order valence-corrected chi connectivity index (χ0v) is 11.6. The summed E-state index contributed by atoms with van der Waals surface area (Å²) in [5.74, 6) is 1.23. The molecule has 2 aromatic rings. The molecule has 0 amide bonds. The molecule has 0 aliphatic heterocycles. The summed E-state index contributed by atoms with van der Waals surface area (Å²) in [6.45, 7) is 4.07. The van der Waals surface area contributed by atoms with Crippen LogP contribution >= 0.6 is 15.9 Å². The van der Waals surface area contributed by atoms with Gasteiger partial charge in [-0.05, 0) is 12.1 Å². The molecule has 0 spiro atoms. The van der Waals surface area contributed by atoms with Crippen molar-refractivity contribution in [2.45, 2.75) is 26.4 Å². The van der Waals surface area contributed by atoms with Crippen molar-refractivity contribution in [3.8, 4) is 5.75 Å². The smallest absolute Gasteiger partial charge is 0.229 e. The summed E-state index contributed by atoms with van der Waals surface area (Å²) in [5, 5.41) is 3.78. The summed E-state index contributed by atoms with van der Waals surface area (Å²) in [5.41, 5.74) is 0. The molecule has 1 aromatic heterocycles. The van der Waals surface area contributed by atoms with E-state index in [1.807, 2.05) is 13.8 Å². The van der Waals surface area contributed by atoms with E-state index in [0.717, 1.165) is 0 Å². The van der Waals surface area contributed by atoms with Crippen LogP contribution in [-0.2, 0) is 6.61 Å². The van der Waals surface area contributed by atoms with Gasteiger partial charge >= 0.3 is 0 Å². The van der Waals surface area contributed by atoms with E-state index in [2.05, 4.69) is 26.1 Å². The second kappa shape index (κ2) is 5.48. The van der Waals surface area contributed by atoms with Gasteiger partial charge in [-0.3, -0.25) is 0 Å². The maximum Gasteiger partial charge on any atom is 0.229 e. The molecule has 2 rings (SSSR count). The molecule has 6 heteroatoms. The lowest BCUT2D eigenvalue weighted by atomic mass is 10.2. The Morgan fingerprint density at radius 1 is 1.39 bits per heavy atom. The number of hydrogen-bond acceptors (Lipinski definition) is 4. The third-order valence-electron chi connectivity index (χ3n) is 2.18. The van der Waals surface area contributed by atoms with Gasteiger partial charge in [-0.2, -0.15) is 4.98 Å². The minimum atomic E-state index is -0.365. The summed E-state index contributed by atoms with van der Waals surface area (Å²) in [6, 6.07) is 4.33. The first kappa shape index (κ1) is 13.0. The first-order chi connectivity index (χ1) is 8.54. The highest BCUT2D eigenvalue weighted by Crippen LogP contribution is 2.21. The Morgan fingerprint density at radius 3 is 2.78 bits per heavy atom. The van der Waals surface area contributed by atoms with Gasteiger partial charge in [0.25, 0.3) is 0 Å². The van der Waals surface area contributed by atoms with Crippen molar-refractivity contribution in [2.75, 3.05) is 0 Å². The highest BCUT2D eigenvalue weighted by Gasteiger charge is 2.10. The molecule has 18 heavy (non-hydrogen) atoms. The van der Waals surface area contributed by atoms with Crippen LogP contribution in [0.5, 0.6) is 5.75 Å². The van der Waals surface area contributed by atoms with Crippen molar-refractivity contribution in [1.82, 2.24) is 10.1 Å². The number of rotatable bonds is 4. The maximum absolute atomic E-state index is 13.1. The predicted octanol–water partition coefficient (Wildman–Crippen LogP) is 3.67. The van der Waals surface area contributed by atoms with Crippen LogP contribution in [0, 0.1) is 5.82 Å². The molecule has 0 saturated heterocycles. The van der Waals surface area contributed by atoms with E-state index >= 15 is 0 Å². The van der Waals surface area contributed by atoms with Crippen molar-refractivity contribution in [2.24, 2.45) is 0 Å². The molecular weight excluding hydrogens is 303 g/mol. The van der Waals surface area contributed by atoms with Gasteiger partial charge in [-0.15, -0.1) is 0 Å². The van der Waals surface area contributed by atoms with Gasteiger partial charge in [0.2, 0.25) is 11.7 Å². The first-order valence-corrected chi connectivity index (χ1v) is 6.25. The van der Waals surface area contributed by atoms with Crippen molar-refractivity contribution in [3.63, 3.8) is 0 Å². The van der Waals surface area contributed by atoms with Gasteiger partial charge in [0, 0.05) is 16.5 Å². The normalized spacial score (nSPS) is 10.9. The number of ether oxygens (including phenoxy) is 1. The third kappa shape index (κ3) is 3.29. The highest BCUT2D eigenvalue weighted by atomic mass is 79.9. The van der Waals surface area contributed by atoms with Crippen molar-refractivity contribution in [1.29, 1.82) is 0 Å². The third-order valence-corrected chi connectivity index (χ3v) is 2.64. The fourth-order valence-electron chi connectivity index (χ4n) is 1.32. The SMILES string of the molecule is CC(C)c1nc(COc2cc(F)cc(Br)c2)no1. The number of aromatic nitrogens is 2. The molecule has 0 fully saturated rings. The van der Waals surface area contributed by atoms with Gasteiger partial charge in [0.15, 0.2) is 6.61 Å². The van der Waals surface area contributed by atoms with Crippen molar-refractivity contribution < 1.29 is 13.7 Å². The number of nitrogens with zero attached hydrogens (tertiary/aromatic N) is 2. The fraction of sp³-hybridized carbons (Fsp3) is 0.333. The molecular formula is C12H12BrFN2O2. The lowest BCUT2D eigenvalue weighted by Crippen LogP contribution is -1.98. The van der Waals surface area contributed by atoms with Crippen molar-refractivity contribution in [3.05, 3.63) is 40.2 Å². The zero-order chi connectivity index (χ0) is 13.1. The Morgan fingerprint density at radius 2 is 2.17 bits per heavy atom. The van der Waals surface area contributed by atoms with Crippen LogP contribution in [0.3, 0.4) is 0 Å². The molecule has 1 heterocycles. The molecule has 0 unspecified atom stereocenters. The van der Waals surface area contributed by atoms with Crippen LogP contribution < -0.4 is 4.74 Å². The van der Waals surface area contributed by atoms with Crippen LogP contribution in [0.25, 0.3) is 0 Å². The molecule has 0 N–H and O–H groups in total. The molecule has 0 radical (unpaired) electrons. The number of hydrogen-bond donors (Lipinski definition) is 0. The Balaban J connectivity index is 2.02. The van der Waals surface area contributed by atoms with Crippen molar-refractivity contribution >= 4 is 15.9 Å². The number of benzene rings is 1. The Hall–Kier alpha value is -1.43. The topological polar surface area (TPSA) is 48.2 Å². The molecule has 0 aliphatic rings. The van der Waals surface area contributed by atoms with E-state index in [-0.39, 0.29) is 18.3 Å². The number of halogens is 2. The summed E-state index contributed by atoms with van der Waals surface area (Å²) in [4.78, 5) is 4.16. The molecule has 1 aromatic carbocycles. The molecule has 4 nitrogen and oxygen atoms in total. The van der Waals surface area contributed by atoms with Gasteiger partial charge in [-0.1, -0.05) is 34.9 Å². The Kier molecular flexibility index (Phi) is 3.96. The van der Waals surface area contributed by atoms with Crippen LogP contribution in [0.4, 0.5) is 4.39 Å². The second-order valence-corrected chi connectivity index (χ2v) is 5.01. The average Bonchev–Trinajstić information content (AvgIpc) is 2.73. The minimum Gasteiger partial charge on any atom is -0.485 e. The lowest BCUT2D eigenvalue weighted by molar-refractivity contribution is 0.283. The first-order valence-electron chi connectivity index (χ1n) is 5.46. The van der Waals surface area contributed by atoms with Gasteiger partial charge in [0.1, 0.15) is 11.6 Å². The van der Waals surface area contributed by atoms with E-state index in [1.165, 1.54) is 12.1 Å². The van der Waals surface area contributed by atoms with Crippen LogP contribution in [0.2, 0.25) is 0 Å². The van der Waals surface area contributed by atoms with Crippen LogP contribution in [0.1, 0.15) is 31.5 Å². The largest absolute Gasteiger partial charge is 0.485 e. The Bertz CT molecular complexity index is 522. The summed E-state index contributed by atoms with van der Waals surface area (Å²) >= 11 is 3.19. The molecule has 96 valence electrons. The van der Waals surface area contributed by atoms with Gasteiger partial charge in [-0.25, -0.2) is 4.39 Å². The molecule has 0 atom stereocenters. The quantitative estimate of drug-likeness (QED) is 0.863. The average molecular weight is 315 g/mol. The zero-order valence-electron chi connectivity index (χ0n) is 9.98. The van der Waals surface area contributed by atoms with Crippen LogP contribution in [-0.4, -0.2) is 10.1 Å². The fourth-order valence-corrected chi connectivity index (χ4v) is 1.76. The lowest BCUT2D eigenvalue weighted by Gasteiger charge is -2.03. The minimum absolute atomic E-state index is 0.145. The van der Waals surface area contributed by atoms with E-state index in [0.29, 0.717) is 21.9 Å². The molecule has 0 bridgehead atoms. The Labute approximate surface area is 112 Å². The molecule has 0 aliphatic carbocycles. The molecule has 0 saturated carbocycles. The van der Waals surface area contributed by atoms with Gasteiger partial charge in [0.05, 0.1) is 0 Å². The standard InChI is InChI=1S/C12H12BrFN2O2/c1-7(2)12-15-11(16-18-12)6-17-10-4-8(13)3-9(14)5-10/h3-5,7H,6H2,1-2H3. The van der Waals surface area contributed by atoms with E-state index in [4.69, 9.17) is 9.26 Å². The van der Waals surface area contributed by atoms with Crippen LogP contribution in [0.15, 0.2) is 27.2 Å². The summed E-state index contributed by atoms with van der Waals surface area (Å²) < 4.78 is 24.2. The summed E-state index contributed by atoms with van der Waals surface area (Å²) in [7, 11) is 0.